The van der Waals surface area contributed by atoms with Gasteiger partial charge in [0.25, 0.3) is 5.69 Å². The van der Waals surface area contributed by atoms with Crippen molar-refractivity contribution in [2.45, 2.75) is 0 Å². The van der Waals surface area contributed by atoms with Crippen LogP contribution in [0, 0.1) is 10.1 Å². The molecule has 0 unspecified atom stereocenters. The lowest BCUT2D eigenvalue weighted by Gasteiger charge is -2.07. The third-order valence-corrected chi connectivity index (χ3v) is 2.24. The second-order valence-corrected chi connectivity index (χ2v) is 3.56. The Hall–Kier alpha value is -2.19. The van der Waals surface area contributed by atoms with Gasteiger partial charge in [-0.1, -0.05) is 0 Å². The van der Waals surface area contributed by atoms with E-state index in [1.54, 1.807) is 0 Å². The number of aliphatic hydroxyl groups is 1. The number of carbonyl (C=O) groups is 1. The molecular formula is C11H14N2O6. The summed E-state index contributed by atoms with van der Waals surface area (Å²) in [6, 6.07) is 3.62. The van der Waals surface area contributed by atoms with Crippen molar-refractivity contribution in [3.05, 3.63) is 33.9 Å². The van der Waals surface area contributed by atoms with Gasteiger partial charge in [0.2, 0.25) is 0 Å². The number of aromatic carboxylic acids is 1. The van der Waals surface area contributed by atoms with Gasteiger partial charge in [0.15, 0.2) is 0 Å². The number of carboxylic acids is 1. The molecule has 1 rings (SSSR count). The van der Waals surface area contributed by atoms with Gasteiger partial charge in [0.1, 0.15) is 5.69 Å². The summed E-state index contributed by atoms with van der Waals surface area (Å²) in [7, 11) is 0. The van der Waals surface area contributed by atoms with Crippen molar-refractivity contribution in [1.82, 2.24) is 0 Å². The zero-order chi connectivity index (χ0) is 14.3. The SMILES string of the molecule is O=C(O)c1ccc(NCCOCCO)c([N+](=O)[O-])c1. The number of hydrogen-bond acceptors (Lipinski definition) is 6. The van der Waals surface area contributed by atoms with Gasteiger partial charge in [-0.15, -0.1) is 0 Å². The van der Waals surface area contributed by atoms with Crippen LogP contribution < -0.4 is 5.32 Å². The monoisotopic (exact) mass is 270 g/mol. The zero-order valence-corrected chi connectivity index (χ0v) is 10.0. The molecule has 0 radical (unpaired) electrons. The minimum Gasteiger partial charge on any atom is -0.478 e. The van der Waals surface area contributed by atoms with E-state index in [4.69, 9.17) is 14.9 Å². The molecular weight excluding hydrogens is 256 g/mol. The fraction of sp³-hybridized carbons (Fsp3) is 0.364. The van der Waals surface area contributed by atoms with Crippen LogP contribution in [0.4, 0.5) is 11.4 Å². The van der Waals surface area contributed by atoms with Crippen molar-refractivity contribution < 1.29 is 24.7 Å². The molecule has 0 fully saturated rings. The highest BCUT2D eigenvalue weighted by molar-refractivity contribution is 5.89. The Morgan fingerprint density at radius 2 is 2.16 bits per heavy atom. The van der Waals surface area contributed by atoms with E-state index >= 15 is 0 Å². The highest BCUT2D eigenvalue weighted by atomic mass is 16.6. The Morgan fingerprint density at radius 3 is 2.74 bits per heavy atom. The van der Waals surface area contributed by atoms with Crippen LogP contribution in [0.25, 0.3) is 0 Å². The Bertz CT molecular complexity index is 462. The van der Waals surface area contributed by atoms with Crippen molar-refractivity contribution in [2.24, 2.45) is 0 Å². The van der Waals surface area contributed by atoms with E-state index in [2.05, 4.69) is 5.32 Å². The third kappa shape index (κ3) is 4.53. The van der Waals surface area contributed by atoms with E-state index < -0.39 is 10.9 Å². The molecule has 104 valence electrons. The molecule has 0 saturated heterocycles. The first kappa shape index (κ1) is 14.9. The normalized spacial score (nSPS) is 10.2. The van der Waals surface area contributed by atoms with Gasteiger partial charge < -0.3 is 20.3 Å². The van der Waals surface area contributed by atoms with Gasteiger partial charge >= 0.3 is 5.97 Å². The van der Waals surface area contributed by atoms with Gasteiger partial charge in [0, 0.05) is 12.6 Å². The molecule has 0 aliphatic carbocycles. The van der Waals surface area contributed by atoms with E-state index in [1.165, 1.54) is 12.1 Å². The molecule has 19 heavy (non-hydrogen) atoms. The molecule has 1 aromatic rings. The Morgan fingerprint density at radius 1 is 1.42 bits per heavy atom. The number of carboxylic acid groups (broad SMARTS) is 1. The minimum absolute atomic E-state index is 0.0898. The molecule has 1 aromatic carbocycles. The molecule has 0 heterocycles. The van der Waals surface area contributed by atoms with Gasteiger partial charge in [-0.05, 0) is 12.1 Å². The van der Waals surface area contributed by atoms with Crippen LogP contribution in [0.3, 0.4) is 0 Å². The molecule has 0 aliphatic heterocycles. The first-order valence-corrected chi connectivity index (χ1v) is 5.50. The first-order chi connectivity index (χ1) is 9.06. The summed E-state index contributed by atoms with van der Waals surface area (Å²) in [4.78, 5) is 20.9. The number of ether oxygens (including phenoxy) is 1. The number of nitro benzene ring substituents is 1. The number of nitrogens with zero attached hydrogens (tertiary/aromatic N) is 1. The molecule has 0 aromatic heterocycles. The summed E-state index contributed by atoms with van der Waals surface area (Å²) in [6.45, 7) is 0.695. The maximum Gasteiger partial charge on any atom is 0.335 e. The van der Waals surface area contributed by atoms with E-state index in [0.717, 1.165) is 6.07 Å². The quantitative estimate of drug-likeness (QED) is 0.361. The maximum absolute atomic E-state index is 10.8. The van der Waals surface area contributed by atoms with Crippen molar-refractivity contribution in [3.8, 4) is 0 Å². The summed E-state index contributed by atoms with van der Waals surface area (Å²) in [5.74, 6) is -1.22. The number of rotatable bonds is 8. The topological polar surface area (TPSA) is 122 Å². The van der Waals surface area contributed by atoms with Crippen LogP contribution in [0.1, 0.15) is 10.4 Å². The van der Waals surface area contributed by atoms with Crippen molar-refractivity contribution in [1.29, 1.82) is 0 Å². The van der Waals surface area contributed by atoms with Crippen LogP contribution in [0.2, 0.25) is 0 Å². The molecule has 3 N–H and O–H groups in total. The van der Waals surface area contributed by atoms with Crippen LogP contribution in [0.15, 0.2) is 18.2 Å². The number of benzene rings is 1. The second-order valence-electron chi connectivity index (χ2n) is 3.56. The molecule has 0 bridgehead atoms. The highest BCUT2D eigenvalue weighted by Gasteiger charge is 2.16. The number of nitro groups is 1. The van der Waals surface area contributed by atoms with Crippen LogP contribution in [-0.2, 0) is 4.74 Å². The van der Waals surface area contributed by atoms with Gasteiger partial charge in [-0.25, -0.2) is 4.79 Å². The molecule has 0 aliphatic rings. The summed E-state index contributed by atoms with van der Waals surface area (Å²) in [5, 5.41) is 30.9. The van der Waals surface area contributed by atoms with Crippen LogP contribution >= 0.6 is 0 Å². The lowest BCUT2D eigenvalue weighted by Crippen LogP contribution is -2.12. The zero-order valence-electron chi connectivity index (χ0n) is 10.0. The van der Waals surface area contributed by atoms with E-state index in [0.29, 0.717) is 6.54 Å². The molecule has 0 amide bonds. The summed E-state index contributed by atoms with van der Waals surface area (Å²) < 4.78 is 4.99. The molecule has 8 nitrogen and oxygen atoms in total. The van der Waals surface area contributed by atoms with Crippen molar-refractivity contribution >= 4 is 17.3 Å². The average molecular weight is 270 g/mol. The average Bonchev–Trinajstić information content (AvgIpc) is 2.38. The lowest BCUT2D eigenvalue weighted by atomic mass is 10.1. The molecule has 0 saturated carbocycles. The van der Waals surface area contributed by atoms with Gasteiger partial charge in [-0.2, -0.15) is 0 Å². The van der Waals surface area contributed by atoms with E-state index in [-0.39, 0.29) is 36.8 Å². The fourth-order valence-electron chi connectivity index (χ4n) is 1.39. The minimum atomic E-state index is -1.22. The predicted octanol–water partition coefficient (Wildman–Crippen LogP) is 0.714. The number of hydrogen-bond donors (Lipinski definition) is 3. The van der Waals surface area contributed by atoms with E-state index in [1.807, 2.05) is 0 Å². The predicted molar refractivity (Wildman–Crippen MR) is 66.5 cm³/mol. The Labute approximate surface area is 108 Å². The smallest absolute Gasteiger partial charge is 0.335 e. The van der Waals surface area contributed by atoms with Gasteiger partial charge in [-0.3, -0.25) is 10.1 Å². The first-order valence-electron chi connectivity index (χ1n) is 5.50. The summed E-state index contributed by atoms with van der Waals surface area (Å²) in [6.07, 6.45) is 0. The lowest BCUT2D eigenvalue weighted by molar-refractivity contribution is -0.384. The van der Waals surface area contributed by atoms with Crippen LogP contribution in [0.5, 0.6) is 0 Å². The summed E-state index contributed by atoms with van der Waals surface area (Å²) in [5.41, 5.74) is -0.224. The number of anilines is 1. The summed E-state index contributed by atoms with van der Waals surface area (Å²) >= 11 is 0. The number of aliphatic hydroxyl groups excluding tert-OH is 1. The number of nitrogens with one attached hydrogen (secondary N) is 1. The largest absolute Gasteiger partial charge is 0.478 e. The van der Waals surface area contributed by atoms with Crippen molar-refractivity contribution in [2.75, 3.05) is 31.7 Å². The van der Waals surface area contributed by atoms with Gasteiger partial charge in [0.05, 0.1) is 30.3 Å². The fourth-order valence-corrected chi connectivity index (χ4v) is 1.39. The van der Waals surface area contributed by atoms with Crippen molar-refractivity contribution in [3.63, 3.8) is 0 Å². The standard InChI is InChI=1S/C11H14N2O6/c14-4-6-19-5-3-12-9-2-1-8(11(15)16)7-10(9)13(17)18/h1-2,7,12,14H,3-6H2,(H,15,16). The molecule has 0 atom stereocenters. The highest BCUT2D eigenvalue weighted by Crippen LogP contribution is 2.25. The molecule has 8 heteroatoms. The maximum atomic E-state index is 10.8. The molecule has 0 spiro atoms. The third-order valence-electron chi connectivity index (χ3n) is 2.24. The van der Waals surface area contributed by atoms with Crippen LogP contribution in [-0.4, -0.2) is 47.5 Å². The van der Waals surface area contributed by atoms with E-state index in [9.17, 15) is 14.9 Å². The second kappa shape index (κ2) is 7.29. The Kier molecular flexibility index (Phi) is 5.71. The Balaban J connectivity index is 2.71.